The van der Waals surface area contributed by atoms with Crippen molar-refractivity contribution < 1.29 is 28.8 Å². The Morgan fingerprint density at radius 1 is 1.07 bits per heavy atom. The van der Waals surface area contributed by atoms with Crippen LogP contribution < -0.4 is 11.1 Å². The van der Waals surface area contributed by atoms with Crippen molar-refractivity contribution in [1.82, 2.24) is 10.2 Å². The molecule has 2 saturated carbocycles. The van der Waals surface area contributed by atoms with Crippen LogP contribution >= 0.6 is 0 Å². The Hall–Kier alpha value is -2.84. The maximum Gasteiger partial charge on any atom is 0.285 e. The highest BCUT2D eigenvalue weighted by atomic mass is 16.2. The number of carbonyl (C=O) groups excluding carboxylic acids is 6. The van der Waals surface area contributed by atoms with Crippen LogP contribution in [0.4, 0.5) is 0 Å². The summed E-state index contributed by atoms with van der Waals surface area (Å²) in [6.45, 7) is 14.1. The molecule has 3 fully saturated rings. The third-order valence-electron chi connectivity index (χ3n) is 9.25. The fraction of sp³-hybridized carbons (Fsp3) is 0.742. The largest absolute Gasteiger partial charge is 0.363 e. The lowest BCUT2D eigenvalue weighted by molar-refractivity contribution is -0.145. The molecule has 1 unspecified atom stereocenters. The summed E-state index contributed by atoms with van der Waals surface area (Å²) in [5.74, 6) is -3.68. The molecule has 9 nitrogen and oxygen atoms in total. The number of likely N-dealkylation sites (tertiary alicyclic amines) is 1. The van der Waals surface area contributed by atoms with E-state index in [0.29, 0.717) is 25.3 Å². The summed E-state index contributed by atoms with van der Waals surface area (Å²) >= 11 is 0. The Labute approximate surface area is 238 Å². The van der Waals surface area contributed by atoms with Crippen LogP contribution in [0.3, 0.4) is 0 Å². The minimum absolute atomic E-state index is 0.0284. The second kappa shape index (κ2) is 12.4. The Morgan fingerprint density at radius 3 is 2.25 bits per heavy atom. The van der Waals surface area contributed by atoms with E-state index in [-0.39, 0.29) is 71.9 Å². The van der Waals surface area contributed by atoms with E-state index < -0.39 is 29.6 Å². The molecule has 0 aromatic rings. The van der Waals surface area contributed by atoms with Crippen molar-refractivity contribution in [3.63, 3.8) is 0 Å². The smallest absolute Gasteiger partial charge is 0.285 e. The number of hydrogen-bond acceptors (Lipinski definition) is 6. The molecule has 3 aliphatic rings. The van der Waals surface area contributed by atoms with Crippen molar-refractivity contribution in [3.05, 3.63) is 12.7 Å². The number of primary amides is 1. The highest BCUT2D eigenvalue weighted by molar-refractivity contribution is 6.36. The number of nitrogens with zero attached hydrogens (tertiary/aromatic N) is 1. The molecular formula is C31H47N3O6. The lowest BCUT2D eigenvalue weighted by Crippen LogP contribution is -2.49. The molecule has 3 rings (SSSR count). The average Bonchev–Trinajstić information content (AvgIpc) is 3.15. The first-order chi connectivity index (χ1) is 18.6. The number of hydrogen-bond donors (Lipinski definition) is 2. The number of fused-ring (bicyclic) bond motifs is 1. The normalized spacial score (nSPS) is 24.7. The quantitative estimate of drug-likeness (QED) is 0.234. The van der Waals surface area contributed by atoms with Gasteiger partial charge in [0.25, 0.3) is 5.91 Å². The van der Waals surface area contributed by atoms with Gasteiger partial charge in [-0.25, -0.2) is 0 Å². The molecule has 222 valence electrons. The van der Waals surface area contributed by atoms with Crippen molar-refractivity contribution in [1.29, 1.82) is 0 Å². The van der Waals surface area contributed by atoms with Gasteiger partial charge in [0, 0.05) is 44.2 Å². The van der Waals surface area contributed by atoms with E-state index in [0.717, 1.165) is 25.3 Å². The number of nitrogens with two attached hydrogens (primary N) is 1. The number of ketones is 3. The highest BCUT2D eigenvalue weighted by Gasteiger charge is 2.69. The summed E-state index contributed by atoms with van der Waals surface area (Å²) in [6.07, 6.45) is 5.10. The number of nitrogens with one attached hydrogen (secondary N) is 1. The zero-order chi connectivity index (χ0) is 30.0. The fourth-order valence-corrected chi connectivity index (χ4v) is 6.79. The van der Waals surface area contributed by atoms with Crippen molar-refractivity contribution in [2.75, 3.05) is 13.1 Å². The lowest BCUT2D eigenvalue weighted by atomic mass is 9.76. The van der Waals surface area contributed by atoms with Crippen LogP contribution in [0.15, 0.2) is 12.7 Å². The zero-order valence-corrected chi connectivity index (χ0v) is 24.8. The number of Topliss-reactive ketones (excluding diaryl/α,β-unsaturated/α-hetero) is 3. The third kappa shape index (κ3) is 7.46. The third-order valence-corrected chi connectivity index (χ3v) is 9.25. The minimum Gasteiger partial charge on any atom is -0.363 e. The Morgan fingerprint density at radius 2 is 1.73 bits per heavy atom. The number of amides is 3. The average molecular weight is 558 g/mol. The summed E-state index contributed by atoms with van der Waals surface area (Å²) < 4.78 is 0. The number of rotatable bonds is 15. The van der Waals surface area contributed by atoms with Crippen molar-refractivity contribution in [2.24, 2.45) is 46.2 Å². The van der Waals surface area contributed by atoms with Crippen molar-refractivity contribution >= 4 is 35.1 Å². The maximum atomic E-state index is 14.0. The van der Waals surface area contributed by atoms with Crippen LogP contribution in [0.1, 0.15) is 86.0 Å². The first kappa shape index (κ1) is 31.7. The number of piperidine rings is 1. The van der Waals surface area contributed by atoms with E-state index in [1.54, 1.807) is 4.90 Å². The summed E-state index contributed by atoms with van der Waals surface area (Å²) in [5.41, 5.74) is 4.98. The van der Waals surface area contributed by atoms with E-state index >= 15 is 0 Å². The van der Waals surface area contributed by atoms with Crippen LogP contribution in [0, 0.1) is 40.4 Å². The second-order valence-corrected chi connectivity index (χ2v) is 14.0. The summed E-state index contributed by atoms with van der Waals surface area (Å²) in [5, 5.41) is 2.69. The Bertz CT molecular complexity index is 1050. The SMILES string of the molecule is C=CC(=O)NCC[C@H](CC(=O)CC(C)(C)C)C(=O)N1C[C@H]2[C@@H]([C@H]1C(=O)CC(CC1CCC1)C(=O)C(N)=O)C2(C)C. The van der Waals surface area contributed by atoms with E-state index in [4.69, 9.17) is 5.73 Å². The number of carbonyl (C=O) groups is 6. The predicted molar refractivity (Wildman–Crippen MR) is 151 cm³/mol. The molecule has 5 atom stereocenters. The van der Waals surface area contributed by atoms with Crippen LogP contribution in [-0.2, 0) is 28.8 Å². The molecule has 3 N–H and O–H groups in total. The molecule has 0 aromatic heterocycles. The maximum absolute atomic E-state index is 14.0. The molecule has 1 saturated heterocycles. The van der Waals surface area contributed by atoms with Gasteiger partial charge in [0.1, 0.15) is 5.78 Å². The molecule has 9 heteroatoms. The van der Waals surface area contributed by atoms with Gasteiger partial charge in [0.05, 0.1) is 6.04 Å². The van der Waals surface area contributed by atoms with Gasteiger partial charge in [-0.05, 0) is 47.5 Å². The molecule has 0 aromatic carbocycles. The van der Waals surface area contributed by atoms with Gasteiger partial charge in [-0.15, -0.1) is 0 Å². The van der Waals surface area contributed by atoms with E-state index in [1.165, 1.54) is 0 Å². The van der Waals surface area contributed by atoms with Gasteiger partial charge in [-0.3, -0.25) is 28.8 Å². The van der Waals surface area contributed by atoms with Crippen molar-refractivity contribution in [3.8, 4) is 0 Å². The molecule has 40 heavy (non-hydrogen) atoms. The first-order valence-electron chi connectivity index (χ1n) is 14.7. The van der Waals surface area contributed by atoms with Crippen molar-refractivity contribution in [2.45, 2.75) is 92.0 Å². The van der Waals surface area contributed by atoms with Gasteiger partial charge in [-0.2, -0.15) is 0 Å². The monoisotopic (exact) mass is 557 g/mol. The van der Waals surface area contributed by atoms with Crippen LogP contribution in [0.5, 0.6) is 0 Å². The van der Waals surface area contributed by atoms with Crippen LogP contribution in [0.25, 0.3) is 0 Å². The summed E-state index contributed by atoms with van der Waals surface area (Å²) in [7, 11) is 0. The Kier molecular flexibility index (Phi) is 9.78. The molecular weight excluding hydrogens is 510 g/mol. The molecule has 2 aliphatic carbocycles. The Balaban J connectivity index is 1.81. The highest BCUT2D eigenvalue weighted by Crippen LogP contribution is 2.65. The minimum atomic E-state index is -1.03. The molecule has 1 heterocycles. The molecule has 1 aliphatic heterocycles. The molecule has 0 spiro atoms. The summed E-state index contributed by atoms with van der Waals surface area (Å²) in [4.78, 5) is 78.5. The summed E-state index contributed by atoms with van der Waals surface area (Å²) in [6, 6.07) is -0.708. The molecule has 3 amide bonds. The predicted octanol–water partition coefficient (Wildman–Crippen LogP) is 2.99. The van der Waals surface area contributed by atoms with Gasteiger partial charge in [0.15, 0.2) is 5.78 Å². The fourth-order valence-electron chi connectivity index (χ4n) is 6.79. The standard InChI is InChI=1S/C31H47N3O6/c1-7-24(37)33-12-11-19(14-21(35)16-30(2,3)4)29(40)34-17-22-25(31(22,5)6)26(34)23(36)15-20(27(38)28(32)39)13-18-9-8-10-18/h7,18-20,22,25-26H,1,8-17H2,2-6H3,(H2,32,39)(H,33,37)/t19-,20?,22+,25+,26-/m1/s1. The molecule has 0 bridgehead atoms. The van der Waals surface area contributed by atoms with Crippen LogP contribution in [0.2, 0.25) is 0 Å². The van der Waals surface area contributed by atoms with E-state index in [2.05, 4.69) is 25.7 Å². The van der Waals surface area contributed by atoms with Gasteiger partial charge in [-0.1, -0.05) is 60.5 Å². The topological polar surface area (TPSA) is 144 Å². The van der Waals surface area contributed by atoms with Gasteiger partial charge < -0.3 is 16.0 Å². The first-order valence-corrected chi connectivity index (χ1v) is 14.7. The van der Waals surface area contributed by atoms with Crippen LogP contribution in [-0.4, -0.2) is 59.1 Å². The van der Waals surface area contributed by atoms with E-state index in [9.17, 15) is 28.8 Å². The van der Waals surface area contributed by atoms with Gasteiger partial charge in [0.2, 0.25) is 17.6 Å². The van der Waals surface area contributed by atoms with E-state index in [1.807, 2.05) is 20.8 Å². The second-order valence-electron chi connectivity index (χ2n) is 14.0. The molecule has 0 radical (unpaired) electrons. The van der Waals surface area contributed by atoms with Gasteiger partial charge >= 0.3 is 0 Å². The zero-order valence-electron chi connectivity index (χ0n) is 24.8. The lowest BCUT2D eigenvalue weighted by Gasteiger charge is -2.34.